The van der Waals surface area contributed by atoms with Crippen molar-refractivity contribution >= 4 is 33.2 Å². The number of amides is 1. The molecule has 1 amide bonds. The van der Waals surface area contributed by atoms with Crippen molar-refractivity contribution in [3.63, 3.8) is 0 Å². The summed E-state index contributed by atoms with van der Waals surface area (Å²) in [5.41, 5.74) is 5.38. The average Bonchev–Trinajstić information content (AvgIpc) is 3.37. The van der Waals surface area contributed by atoms with Gasteiger partial charge in [-0.15, -0.1) is 0 Å². The predicted molar refractivity (Wildman–Crippen MR) is 192 cm³/mol. The lowest BCUT2D eigenvalue weighted by molar-refractivity contribution is -0.112. The number of ether oxygens (including phenoxy) is 2. The van der Waals surface area contributed by atoms with Crippen LogP contribution in [0.2, 0.25) is 0 Å². The first-order chi connectivity index (χ1) is 23.1. The molecule has 9 nitrogen and oxygen atoms in total. The minimum absolute atomic E-state index is 0.180. The average molecular weight is 671 g/mol. The van der Waals surface area contributed by atoms with E-state index in [1.54, 1.807) is 36.1 Å². The molecule has 0 aliphatic carbocycles. The monoisotopic (exact) mass is 670 g/mol. The number of nitrogens with one attached hydrogen (secondary N) is 1. The van der Waals surface area contributed by atoms with Crippen LogP contribution in [0.3, 0.4) is 0 Å². The zero-order valence-corrected chi connectivity index (χ0v) is 29.1. The number of aromatic nitrogens is 2. The largest absolute Gasteiger partial charge is 0.491 e. The molecule has 1 aliphatic heterocycles. The summed E-state index contributed by atoms with van der Waals surface area (Å²) in [6, 6.07) is 20.8. The number of hydrogen-bond acceptors (Lipinski definition) is 7. The fourth-order valence-electron chi connectivity index (χ4n) is 5.64. The number of unbranched alkanes of at least 4 members (excludes halogenated alkanes) is 1. The molecule has 0 saturated heterocycles. The van der Waals surface area contributed by atoms with Gasteiger partial charge in [-0.1, -0.05) is 45.4 Å². The second-order valence-electron chi connectivity index (χ2n) is 12.6. The van der Waals surface area contributed by atoms with E-state index in [0.29, 0.717) is 49.2 Å². The van der Waals surface area contributed by atoms with Crippen molar-refractivity contribution in [3.8, 4) is 16.9 Å². The molecule has 2 heterocycles. The molecular weight excluding hydrogens is 625 g/mol. The Kier molecular flexibility index (Phi) is 11.7. The van der Waals surface area contributed by atoms with E-state index in [-0.39, 0.29) is 16.6 Å². The molecule has 0 bridgehead atoms. The number of carbonyl (C=O) groups excluding carboxylic acids is 1. The standard InChI is InChI=1S/C38H46N4O5S/c1-5-6-21-46-22-23-47-34-12-7-29(8-13-34)30-9-16-36-32(24-30)25-31(17-19-42(36)26-28(2)3)38(43)40-33-10-14-35(15-11-33)48(44,45)27-37-39-18-20-41(37)4/h7-16,18,20,24-25,28H,5-6,17,19,21-23,26-27H2,1-4H3,(H,40,43). The van der Waals surface area contributed by atoms with Crippen LogP contribution in [-0.4, -0.2) is 56.8 Å². The van der Waals surface area contributed by atoms with Gasteiger partial charge < -0.3 is 24.3 Å². The van der Waals surface area contributed by atoms with Crippen LogP contribution in [0.1, 0.15) is 51.4 Å². The van der Waals surface area contributed by atoms with Gasteiger partial charge in [0.05, 0.1) is 11.5 Å². The van der Waals surface area contributed by atoms with Crippen LogP contribution >= 0.6 is 0 Å². The first-order valence-corrected chi connectivity index (χ1v) is 18.3. The maximum atomic E-state index is 13.6. The van der Waals surface area contributed by atoms with Gasteiger partial charge in [0.15, 0.2) is 9.84 Å². The molecule has 0 fully saturated rings. The summed E-state index contributed by atoms with van der Waals surface area (Å²) >= 11 is 0. The van der Waals surface area contributed by atoms with Gasteiger partial charge in [0.1, 0.15) is 23.9 Å². The van der Waals surface area contributed by atoms with Gasteiger partial charge >= 0.3 is 0 Å². The molecular formula is C38H46N4O5S. The fourth-order valence-corrected chi connectivity index (χ4v) is 6.97. The minimum Gasteiger partial charge on any atom is -0.491 e. The fraction of sp³-hybridized carbons (Fsp3) is 0.368. The minimum atomic E-state index is -3.59. The molecule has 10 heteroatoms. The van der Waals surface area contributed by atoms with E-state index >= 15 is 0 Å². The summed E-state index contributed by atoms with van der Waals surface area (Å²) in [5.74, 6) is 1.31. The number of rotatable bonds is 15. The molecule has 0 spiro atoms. The van der Waals surface area contributed by atoms with Crippen LogP contribution in [0.4, 0.5) is 11.4 Å². The molecule has 1 aromatic heterocycles. The second-order valence-corrected chi connectivity index (χ2v) is 14.6. The lowest BCUT2D eigenvalue weighted by Gasteiger charge is -2.27. The predicted octanol–water partition coefficient (Wildman–Crippen LogP) is 7.14. The smallest absolute Gasteiger partial charge is 0.251 e. The third-order valence-corrected chi connectivity index (χ3v) is 9.89. The molecule has 5 rings (SSSR count). The Hall–Kier alpha value is -4.41. The highest BCUT2D eigenvalue weighted by molar-refractivity contribution is 7.90. The van der Waals surface area contributed by atoms with Crippen molar-refractivity contribution in [2.75, 3.05) is 43.1 Å². The van der Waals surface area contributed by atoms with Gasteiger partial charge in [-0.25, -0.2) is 13.4 Å². The Bertz CT molecular complexity index is 1810. The molecule has 0 saturated carbocycles. The second kappa shape index (κ2) is 16.1. The number of anilines is 2. The third-order valence-electron chi connectivity index (χ3n) is 8.26. The summed E-state index contributed by atoms with van der Waals surface area (Å²) in [5, 5.41) is 2.98. The Balaban J connectivity index is 1.30. The maximum absolute atomic E-state index is 13.6. The van der Waals surface area contributed by atoms with Crippen molar-refractivity contribution < 1.29 is 22.7 Å². The molecule has 0 atom stereocenters. The van der Waals surface area contributed by atoms with Crippen molar-refractivity contribution in [1.29, 1.82) is 0 Å². The van der Waals surface area contributed by atoms with E-state index in [4.69, 9.17) is 9.47 Å². The van der Waals surface area contributed by atoms with Crippen LogP contribution in [-0.2, 0) is 32.2 Å². The summed E-state index contributed by atoms with van der Waals surface area (Å²) in [6.45, 7) is 9.96. The van der Waals surface area contributed by atoms with Crippen molar-refractivity contribution in [2.45, 2.75) is 50.7 Å². The zero-order chi connectivity index (χ0) is 34.1. The number of hydrogen-bond donors (Lipinski definition) is 1. The highest BCUT2D eigenvalue weighted by atomic mass is 32.2. The van der Waals surface area contributed by atoms with Gasteiger partial charge in [-0.2, -0.15) is 0 Å². The summed E-state index contributed by atoms with van der Waals surface area (Å²) in [4.78, 5) is 20.3. The molecule has 254 valence electrons. The van der Waals surface area contributed by atoms with Crippen LogP contribution in [0.15, 0.2) is 89.6 Å². The number of imidazole rings is 1. The normalized spacial score (nSPS) is 13.2. The molecule has 4 aromatic rings. The Morgan fingerprint density at radius 3 is 2.42 bits per heavy atom. The highest BCUT2D eigenvalue weighted by Gasteiger charge is 2.22. The number of sulfone groups is 1. The molecule has 1 aliphatic rings. The van der Waals surface area contributed by atoms with Crippen LogP contribution in [0.25, 0.3) is 17.2 Å². The van der Waals surface area contributed by atoms with E-state index in [1.807, 2.05) is 18.2 Å². The van der Waals surface area contributed by atoms with Gasteiger partial charge in [0.25, 0.3) is 5.91 Å². The summed E-state index contributed by atoms with van der Waals surface area (Å²) in [6.07, 6.45) is 8.02. The Morgan fingerprint density at radius 2 is 1.73 bits per heavy atom. The van der Waals surface area contributed by atoms with E-state index in [9.17, 15) is 13.2 Å². The van der Waals surface area contributed by atoms with Gasteiger partial charge in [0, 0.05) is 56.1 Å². The number of carbonyl (C=O) groups is 1. The van der Waals surface area contributed by atoms with Crippen LogP contribution < -0.4 is 15.0 Å². The Labute approximate surface area is 284 Å². The van der Waals surface area contributed by atoms with Crippen molar-refractivity contribution in [3.05, 3.63) is 96.1 Å². The van der Waals surface area contributed by atoms with Crippen LogP contribution in [0, 0.1) is 5.92 Å². The lowest BCUT2D eigenvalue weighted by atomic mass is 10.00. The highest BCUT2D eigenvalue weighted by Crippen LogP contribution is 2.34. The first-order valence-electron chi connectivity index (χ1n) is 16.6. The summed E-state index contributed by atoms with van der Waals surface area (Å²) in [7, 11) is -1.82. The van der Waals surface area contributed by atoms with Gasteiger partial charge in [0.2, 0.25) is 0 Å². The summed E-state index contributed by atoms with van der Waals surface area (Å²) < 4.78 is 39.1. The van der Waals surface area contributed by atoms with E-state index < -0.39 is 9.84 Å². The zero-order valence-electron chi connectivity index (χ0n) is 28.3. The number of nitrogens with zero attached hydrogens (tertiary/aromatic N) is 3. The molecule has 0 radical (unpaired) electrons. The molecule has 1 N–H and O–H groups in total. The SMILES string of the molecule is CCCCOCCOc1ccc(-c2ccc3c(c2)C=C(C(=O)Nc2ccc(S(=O)(=O)Cc4nccn4C)cc2)CCN3CC(C)C)cc1. The number of benzene rings is 3. The van der Waals surface area contributed by atoms with E-state index in [2.05, 4.69) is 66.3 Å². The van der Waals surface area contributed by atoms with Crippen molar-refractivity contribution in [2.24, 2.45) is 13.0 Å². The molecule has 48 heavy (non-hydrogen) atoms. The van der Waals surface area contributed by atoms with Crippen molar-refractivity contribution in [1.82, 2.24) is 9.55 Å². The number of aryl methyl sites for hydroxylation is 1. The molecule has 3 aromatic carbocycles. The molecule has 0 unspecified atom stereocenters. The topological polar surface area (TPSA) is 103 Å². The third kappa shape index (κ3) is 9.14. The van der Waals surface area contributed by atoms with Gasteiger partial charge in [-0.3, -0.25) is 4.79 Å². The quantitative estimate of drug-likeness (QED) is 0.134. The lowest BCUT2D eigenvalue weighted by Crippen LogP contribution is -2.29. The van der Waals surface area contributed by atoms with E-state index in [1.165, 1.54) is 12.1 Å². The maximum Gasteiger partial charge on any atom is 0.251 e. The van der Waals surface area contributed by atoms with E-state index in [0.717, 1.165) is 54.1 Å². The van der Waals surface area contributed by atoms with Gasteiger partial charge in [-0.05, 0) is 90.1 Å². The van der Waals surface area contributed by atoms with Crippen LogP contribution in [0.5, 0.6) is 5.75 Å². The number of fused-ring (bicyclic) bond motifs is 1. The Morgan fingerprint density at radius 1 is 0.979 bits per heavy atom. The first kappa shape index (κ1) is 34.9.